The van der Waals surface area contributed by atoms with Crippen LogP contribution in [0.15, 0.2) is 39.5 Å². The van der Waals surface area contributed by atoms with E-state index in [4.69, 9.17) is 14.3 Å². The van der Waals surface area contributed by atoms with Gasteiger partial charge < -0.3 is 19.4 Å². The molecule has 136 valence electrons. The average molecular weight is 356 g/mol. The first kappa shape index (κ1) is 17.9. The Hall–Kier alpha value is -2.86. The predicted octanol–water partition coefficient (Wildman–Crippen LogP) is 3.88. The number of benzene rings is 2. The molecule has 0 spiro atoms. The van der Waals surface area contributed by atoms with E-state index in [2.05, 4.69) is 0 Å². The van der Waals surface area contributed by atoms with Crippen molar-refractivity contribution in [3.8, 4) is 5.75 Å². The van der Waals surface area contributed by atoms with Crippen LogP contribution in [0.4, 0.5) is 0 Å². The highest BCUT2D eigenvalue weighted by molar-refractivity contribution is 5.97. The lowest BCUT2D eigenvalue weighted by Gasteiger charge is -2.14. The Morgan fingerprint density at radius 3 is 2.62 bits per heavy atom. The van der Waals surface area contributed by atoms with E-state index >= 15 is 0 Å². The van der Waals surface area contributed by atoms with E-state index in [1.165, 1.54) is 18.2 Å². The number of hydrogen-bond donors (Lipinski definition) is 2. The molecule has 0 saturated carbocycles. The highest BCUT2D eigenvalue weighted by Crippen LogP contribution is 2.32. The Labute approximate surface area is 149 Å². The van der Waals surface area contributed by atoms with Crippen LogP contribution in [0, 0.1) is 0 Å². The first-order valence-corrected chi connectivity index (χ1v) is 8.54. The van der Waals surface area contributed by atoms with Gasteiger partial charge in [0.2, 0.25) is 5.43 Å². The molecule has 0 amide bonds. The van der Waals surface area contributed by atoms with Crippen molar-refractivity contribution < 1.29 is 24.2 Å². The van der Waals surface area contributed by atoms with Crippen molar-refractivity contribution in [2.75, 3.05) is 6.61 Å². The number of aliphatic hydroxyl groups excluding tert-OH is 1. The Bertz CT molecular complexity index is 1030. The number of carbonyl (C=O) groups is 1. The highest BCUT2D eigenvalue weighted by atomic mass is 16.5. The zero-order valence-electron chi connectivity index (χ0n) is 14.6. The molecule has 0 saturated heterocycles. The molecule has 1 aromatic heterocycles. The van der Waals surface area contributed by atoms with Crippen LogP contribution in [0.5, 0.6) is 5.75 Å². The topological polar surface area (TPSA) is 97.0 Å². The van der Waals surface area contributed by atoms with Crippen molar-refractivity contribution in [2.45, 2.75) is 32.8 Å². The maximum atomic E-state index is 13.0. The molecule has 0 fully saturated rings. The summed E-state index contributed by atoms with van der Waals surface area (Å²) < 4.78 is 11.6. The largest absolute Gasteiger partial charge is 0.490 e. The zero-order valence-corrected chi connectivity index (χ0v) is 14.6. The molecular weight excluding hydrogens is 336 g/mol. The fraction of sp³-hybridized carbons (Fsp3) is 0.300. The summed E-state index contributed by atoms with van der Waals surface area (Å²) in [6.07, 6.45) is 0.534. The molecule has 1 heterocycles. The van der Waals surface area contributed by atoms with Crippen LogP contribution in [0.25, 0.3) is 21.9 Å². The third-order valence-corrected chi connectivity index (χ3v) is 4.24. The standard InChI is InChI=1S/C20H20O6/c1-3-7-25-17-10-12(15(21)4-2)9-14-18(22)13-8-11(20(23)24)5-6-16(13)26-19(14)17/h5-6,8-10,15,21H,3-4,7H2,1-2H3,(H,23,24). The van der Waals surface area contributed by atoms with Gasteiger partial charge in [0.25, 0.3) is 0 Å². The van der Waals surface area contributed by atoms with E-state index < -0.39 is 12.1 Å². The Morgan fingerprint density at radius 1 is 1.19 bits per heavy atom. The normalized spacial score (nSPS) is 12.4. The van der Waals surface area contributed by atoms with E-state index in [0.29, 0.717) is 29.9 Å². The van der Waals surface area contributed by atoms with Gasteiger partial charge in [-0.15, -0.1) is 0 Å². The summed E-state index contributed by atoms with van der Waals surface area (Å²) in [6, 6.07) is 7.44. The summed E-state index contributed by atoms with van der Waals surface area (Å²) in [5.41, 5.74) is 0.808. The van der Waals surface area contributed by atoms with E-state index in [0.717, 1.165) is 6.42 Å². The minimum atomic E-state index is -1.12. The number of hydrogen-bond acceptors (Lipinski definition) is 5. The average Bonchev–Trinajstić information content (AvgIpc) is 2.65. The van der Waals surface area contributed by atoms with Crippen LogP contribution in [-0.2, 0) is 0 Å². The summed E-state index contributed by atoms with van der Waals surface area (Å²) >= 11 is 0. The van der Waals surface area contributed by atoms with E-state index in [1.54, 1.807) is 12.1 Å². The van der Waals surface area contributed by atoms with Gasteiger partial charge in [-0.1, -0.05) is 13.8 Å². The van der Waals surface area contributed by atoms with Crippen molar-refractivity contribution in [1.29, 1.82) is 0 Å². The first-order chi connectivity index (χ1) is 12.5. The zero-order chi connectivity index (χ0) is 18.8. The van der Waals surface area contributed by atoms with Gasteiger partial charge in [0, 0.05) is 0 Å². The number of carboxylic acids is 1. The molecule has 2 aromatic carbocycles. The molecule has 0 aliphatic heterocycles. The Morgan fingerprint density at radius 2 is 1.96 bits per heavy atom. The fourth-order valence-electron chi connectivity index (χ4n) is 2.83. The van der Waals surface area contributed by atoms with Crippen molar-refractivity contribution in [3.05, 3.63) is 51.7 Å². The number of aliphatic hydroxyl groups is 1. The summed E-state index contributed by atoms with van der Waals surface area (Å²) in [5, 5.41) is 19.8. The second kappa shape index (κ2) is 7.17. The smallest absolute Gasteiger partial charge is 0.335 e. The van der Waals surface area contributed by atoms with Gasteiger partial charge in [0.15, 0.2) is 11.3 Å². The monoisotopic (exact) mass is 356 g/mol. The quantitative estimate of drug-likeness (QED) is 0.651. The van der Waals surface area contributed by atoms with Crippen molar-refractivity contribution in [3.63, 3.8) is 0 Å². The minimum absolute atomic E-state index is 0.0105. The maximum absolute atomic E-state index is 13.0. The molecule has 6 heteroatoms. The van der Waals surface area contributed by atoms with Gasteiger partial charge in [-0.25, -0.2) is 4.79 Å². The second-order valence-electron chi connectivity index (χ2n) is 6.12. The molecule has 26 heavy (non-hydrogen) atoms. The molecule has 2 N–H and O–H groups in total. The molecule has 6 nitrogen and oxygen atoms in total. The van der Waals surface area contributed by atoms with Gasteiger partial charge in [-0.2, -0.15) is 0 Å². The lowest BCUT2D eigenvalue weighted by atomic mass is 10.0. The lowest BCUT2D eigenvalue weighted by Crippen LogP contribution is -2.08. The SMILES string of the molecule is CCCOc1cc(C(O)CC)cc2c(=O)c3cc(C(=O)O)ccc3oc12. The van der Waals surface area contributed by atoms with Crippen LogP contribution >= 0.6 is 0 Å². The number of rotatable bonds is 6. The van der Waals surface area contributed by atoms with Gasteiger partial charge in [0.05, 0.1) is 29.0 Å². The number of fused-ring (bicyclic) bond motifs is 2. The molecule has 0 radical (unpaired) electrons. The van der Waals surface area contributed by atoms with E-state index in [1.807, 2.05) is 13.8 Å². The molecule has 0 aliphatic carbocycles. The molecule has 3 aromatic rings. The molecule has 1 atom stereocenters. The molecule has 0 aliphatic rings. The van der Waals surface area contributed by atoms with Gasteiger partial charge in [-0.05, 0) is 48.7 Å². The van der Waals surface area contributed by atoms with Crippen molar-refractivity contribution in [1.82, 2.24) is 0 Å². The number of carboxylic acid groups (broad SMARTS) is 1. The van der Waals surface area contributed by atoms with Gasteiger partial charge in [-0.3, -0.25) is 4.79 Å². The Balaban J connectivity index is 2.35. The summed E-state index contributed by atoms with van der Waals surface area (Å²) in [5.74, 6) is -0.721. The van der Waals surface area contributed by atoms with Crippen LogP contribution in [0.3, 0.4) is 0 Å². The predicted molar refractivity (Wildman–Crippen MR) is 98.0 cm³/mol. The molecular formula is C20H20O6. The third kappa shape index (κ3) is 3.15. The second-order valence-corrected chi connectivity index (χ2v) is 6.12. The van der Waals surface area contributed by atoms with Crippen LogP contribution in [-0.4, -0.2) is 22.8 Å². The number of aromatic carboxylic acids is 1. The fourth-order valence-corrected chi connectivity index (χ4v) is 2.83. The van der Waals surface area contributed by atoms with E-state index in [9.17, 15) is 14.7 Å². The molecule has 1 unspecified atom stereocenters. The van der Waals surface area contributed by atoms with Crippen LogP contribution in [0.2, 0.25) is 0 Å². The Kier molecular flexibility index (Phi) is 4.95. The third-order valence-electron chi connectivity index (χ3n) is 4.24. The van der Waals surface area contributed by atoms with Crippen molar-refractivity contribution >= 4 is 27.9 Å². The van der Waals surface area contributed by atoms with Crippen molar-refractivity contribution in [2.24, 2.45) is 0 Å². The molecule has 0 bridgehead atoms. The summed E-state index contributed by atoms with van der Waals surface area (Å²) in [4.78, 5) is 24.2. The number of ether oxygens (including phenoxy) is 1. The minimum Gasteiger partial charge on any atom is -0.490 e. The van der Waals surface area contributed by atoms with Gasteiger partial charge >= 0.3 is 5.97 Å². The molecule has 3 rings (SSSR count). The lowest BCUT2D eigenvalue weighted by molar-refractivity contribution is 0.0697. The summed E-state index contributed by atoms with van der Waals surface area (Å²) in [7, 11) is 0. The van der Waals surface area contributed by atoms with E-state index in [-0.39, 0.29) is 27.3 Å². The summed E-state index contributed by atoms with van der Waals surface area (Å²) in [6.45, 7) is 4.25. The first-order valence-electron chi connectivity index (χ1n) is 8.54. The van der Waals surface area contributed by atoms with Crippen LogP contribution < -0.4 is 10.2 Å². The van der Waals surface area contributed by atoms with Crippen LogP contribution in [0.1, 0.15) is 48.7 Å². The van der Waals surface area contributed by atoms with Gasteiger partial charge in [0.1, 0.15) is 5.58 Å². The maximum Gasteiger partial charge on any atom is 0.335 e. The highest BCUT2D eigenvalue weighted by Gasteiger charge is 2.17.